The lowest BCUT2D eigenvalue weighted by Crippen LogP contribution is -2.55. The first-order valence-electron chi connectivity index (χ1n) is 9.53. The summed E-state index contributed by atoms with van der Waals surface area (Å²) in [5.41, 5.74) is 0.834. The highest BCUT2D eigenvalue weighted by atomic mass is 16.3. The van der Waals surface area contributed by atoms with E-state index in [1.54, 1.807) is 13.0 Å². The maximum absolute atomic E-state index is 12.4. The van der Waals surface area contributed by atoms with Crippen molar-refractivity contribution in [1.29, 1.82) is 0 Å². The predicted octanol–water partition coefficient (Wildman–Crippen LogP) is 3.78. The fourth-order valence-electron chi connectivity index (χ4n) is 6.62. The van der Waals surface area contributed by atoms with E-state index in [1.165, 1.54) is 11.1 Å². The highest BCUT2D eigenvalue weighted by molar-refractivity contribution is 6.01. The number of ketones is 2. The van der Waals surface area contributed by atoms with Gasteiger partial charge in [0.2, 0.25) is 0 Å². The van der Waals surface area contributed by atoms with Crippen LogP contribution in [0, 0.1) is 28.6 Å². The van der Waals surface area contributed by atoms with E-state index in [0.29, 0.717) is 11.8 Å². The van der Waals surface area contributed by atoms with Crippen LogP contribution in [-0.2, 0) is 9.59 Å². The second-order valence-electron chi connectivity index (χ2n) is 9.10. The zero-order valence-corrected chi connectivity index (χ0v) is 15.6. The summed E-state index contributed by atoms with van der Waals surface area (Å²) in [5.74, 6) is 0.691. The molecule has 3 heteroatoms. The Kier molecular flexibility index (Phi) is 3.41. The van der Waals surface area contributed by atoms with E-state index in [2.05, 4.69) is 26.0 Å². The molecule has 2 saturated carbocycles. The number of allylic oxidation sites excluding steroid dienone is 6. The first-order valence-corrected chi connectivity index (χ1v) is 9.53. The van der Waals surface area contributed by atoms with Crippen LogP contribution >= 0.6 is 0 Å². The van der Waals surface area contributed by atoms with Crippen LogP contribution in [0.3, 0.4) is 0 Å². The van der Waals surface area contributed by atoms with Crippen LogP contribution in [0.25, 0.3) is 0 Å². The Hall–Kier alpha value is -1.48. The lowest BCUT2D eigenvalue weighted by atomic mass is 9.51. The van der Waals surface area contributed by atoms with Gasteiger partial charge in [-0.2, -0.15) is 0 Å². The van der Waals surface area contributed by atoms with Gasteiger partial charge in [0.25, 0.3) is 0 Å². The molecule has 0 amide bonds. The molecule has 6 atom stereocenters. The van der Waals surface area contributed by atoms with Crippen molar-refractivity contribution in [2.45, 2.75) is 59.0 Å². The highest BCUT2D eigenvalue weighted by Gasteiger charge is 2.66. The number of rotatable bonds is 1. The topological polar surface area (TPSA) is 54.4 Å². The molecule has 25 heavy (non-hydrogen) atoms. The molecule has 0 aromatic rings. The maximum Gasteiger partial charge on any atom is 0.178 e. The van der Waals surface area contributed by atoms with Gasteiger partial charge in [0.15, 0.2) is 11.6 Å². The minimum Gasteiger partial charge on any atom is -0.381 e. The number of carbonyl (C=O) groups is 2. The van der Waals surface area contributed by atoms with Crippen LogP contribution < -0.4 is 0 Å². The van der Waals surface area contributed by atoms with E-state index in [0.717, 1.165) is 25.7 Å². The Bertz CT molecular complexity index is 757. The van der Waals surface area contributed by atoms with Gasteiger partial charge in [0.1, 0.15) is 5.60 Å². The summed E-state index contributed by atoms with van der Waals surface area (Å²) in [6.07, 6.45) is 11.4. The summed E-state index contributed by atoms with van der Waals surface area (Å²) in [6.45, 7) is 7.91. The molecular formula is C22H28O3. The van der Waals surface area contributed by atoms with Crippen LogP contribution in [0.4, 0.5) is 0 Å². The number of carbonyl (C=O) groups excluding carboxylic acids is 2. The molecular weight excluding hydrogens is 312 g/mol. The van der Waals surface area contributed by atoms with Crippen molar-refractivity contribution in [2.24, 2.45) is 28.6 Å². The molecule has 0 radical (unpaired) electrons. The van der Waals surface area contributed by atoms with Gasteiger partial charge in [-0.1, -0.05) is 37.1 Å². The monoisotopic (exact) mass is 340 g/mol. The zero-order valence-electron chi connectivity index (χ0n) is 15.6. The standard InChI is InChI=1S/C22H28O3/c1-13-11-19-17-6-5-15-12-16(24)7-9-20(15,3)18(17)8-10-21(19,4)22(13,25)14(2)23/h7-9,12-13,17,19,25H,5-6,10-11H2,1-4H3/t13-,17-,19-,20-,21+,22-/m1/s1. The smallest absolute Gasteiger partial charge is 0.178 e. The zero-order chi connectivity index (χ0) is 18.2. The average Bonchev–Trinajstić information content (AvgIpc) is 2.77. The molecule has 0 aromatic heterocycles. The van der Waals surface area contributed by atoms with Crippen molar-refractivity contribution in [3.05, 3.63) is 35.5 Å². The number of aliphatic hydroxyl groups is 1. The Morgan fingerprint density at radius 3 is 2.72 bits per heavy atom. The predicted molar refractivity (Wildman–Crippen MR) is 96.8 cm³/mol. The quantitative estimate of drug-likeness (QED) is 0.739. The minimum atomic E-state index is -1.23. The van der Waals surface area contributed by atoms with Gasteiger partial charge in [-0.3, -0.25) is 9.59 Å². The summed E-state index contributed by atoms with van der Waals surface area (Å²) in [7, 11) is 0. The molecule has 4 rings (SSSR count). The van der Waals surface area contributed by atoms with E-state index < -0.39 is 11.0 Å². The molecule has 1 N–H and O–H groups in total. The number of hydrogen-bond donors (Lipinski definition) is 1. The Labute approximate surface area is 149 Å². The maximum atomic E-state index is 12.4. The molecule has 2 fully saturated rings. The van der Waals surface area contributed by atoms with Gasteiger partial charge in [-0.25, -0.2) is 0 Å². The number of Topliss-reactive ketones (excluding diaryl/α,β-unsaturated/α-hetero) is 1. The van der Waals surface area contributed by atoms with E-state index in [4.69, 9.17) is 0 Å². The second-order valence-corrected chi connectivity index (χ2v) is 9.10. The molecule has 4 aliphatic rings. The van der Waals surface area contributed by atoms with E-state index in [1.807, 2.05) is 13.0 Å². The largest absolute Gasteiger partial charge is 0.381 e. The summed E-state index contributed by atoms with van der Waals surface area (Å²) in [5, 5.41) is 11.4. The van der Waals surface area contributed by atoms with Gasteiger partial charge in [0.05, 0.1) is 0 Å². The molecule has 0 bridgehead atoms. The van der Waals surface area contributed by atoms with Crippen molar-refractivity contribution in [3.63, 3.8) is 0 Å². The van der Waals surface area contributed by atoms with E-state index >= 15 is 0 Å². The molecule has 0 unspecified atom stereocenters. The Morgan fingerprint density at radius 1 is 1.32 bits per heavy atom. The lowest BCUT2D eigenvalue weighted by molar-refractivity contribution is -0.156. The van der Waals surface area contributed by atoms with Crippen LogP contribution in [0.2, 0.25) is 0 Å². The molecule has 0 aromatic carbocycles. The van der Waals surface area contributed by atoms with Crippen molar-refractivity contribution in [1.82, 2.24) is 0 Å². The molecule has 134 valence electrons. The minimum absolute atomic E-state index is 0.0130. The summed E-state index contributed by atoms with van der Waals surface area (Å²) in [6, 6.07) is 0. The van der Waals surface area contributed by atoms with Crippen molar-refractivity contribution < 1.29 is 14.7 Å². The van der Waals surface area contributed by atoms with Crippen LogP contribution in [0.15, 0.2) is 35.5 Å². The van der Waals surface area contributed by atoms with Gasteiger partial charge in [0, 0.05) is 10.8 Å². The van der Waals surface area contributed by atoms with E-state index in [-0.39, 0.29) is 22.9 Å². The van der Waals surface area contributed by atoms with Crippen LogP contribution in [0.5, 0.6) is 0 Å². The number of fused-ring (bicyclic) bond motifs is 5. The van der Waals surface area contributed by atoms with Gasteiger partial charge < -0.3 is 5.11 Å². The number of hydrogen-bond acceptors (Lipinski definition) is 3. The summed E-state index contributed by atoms with van der Waals surface area (Å²) < 4.78 is 0. The first kappa shape index (κ1) is 17.0. The Balaban J connectivity index is 1.81. The Morgan fingerprint density at radius 2 is 2.04 bits per heavy atom. The average molecular weight is 340 g/mol. The van der Waals surface area contributed by atoms with Gasteiger partial charge in [-0.05, 0) is 69.4 Å². The normalized spacial score (nSPS) is 48.2. The third-order valence-electron chi connectivity index (χ3n) is 8.07. The van der Waals surface area contributed by atoms with Crippen LogP contribution in [0.1, 0.15) is 53.4 Å². The fraction of sp³-hybridized carbons (Fsp3) is 0.636. The molecule has 4 aliphatic carbocycles. The second kappa shape index (κ2) is 5.03. The summed E-state index contributed by atoms with van der Waals surface area (Å²) >= 11 is 0. The lowest BCUT2D eigenvalue weighted by Gasteiger charge is -2.53. The molecule has 0 heterocycles. The van der Waals surface area contributed by atoms with Crippen molar-refractivity contribution in [2.75, 3.05) is 0 Å². The van der Waals surface area contributed by atoms with Crippen LogP contribution in [-0.4, -0.2) is 22.3 Å². The SMILES string of the molecule is CC(=O)[C@]1(O)[C@H](C)C[C@@H]2[C@@H]3CCC4=CC(=O)C=C[C@@]4(C)C3=CC[C@@]21C. The molecule has 3 nitrogen and oxygen atoms in total. The third-order valence-corrected chi connectivity index (χ3v) is 8.07. The molecule has 0 saturated heterocycles. The van der Waals surface area contributed by atoms with Crippen molar-refractivity contribution in [3.8, 4) is 0 Å². The van der Waals surface area contributed by atoms with E-state index in [9.17, 15) is 14.7 Å². The van der Waals surface area contributed by atoms with Gasteiger partial charge >= 0.3 is 0 Å². The fourth-order valence-corrected chi connectivity index (χ4v) is 6.62. The highest BCUT2D eigenvalue weighted by Crippen LogP contribution is 2.66. The first-order chi connectivity index (χ1) is 11.6. The van der Waals surface area contributed by atoms with Crippen molar-refractivity contribution >= 4 is 11.6 Å². The van der Waals surface area contributed by atoms with Gasteiger partial charge in [-0.15, -0.1) is 0 Å². The molecule has 0 aliphatic heterocycles. The third kappa shape index (κ3) is 1.91. The molecule has 0 spiro atoms. The summed E-state index contributed by atoms with van der Waals surface area (Å²) in [4.78, 5) is 24.2.